The Kier molecular flexibility index (Phi) is 5.11. The van der Waals surface area contributed by atoms with Crippen molar-refractivity contribution in [1.82, 2.24) is 0 Å². The third-order valence-corrected chi connectivity index (χ3v) is 4.78. The van der Waals surface area contributed by atoms with E-state index in [9.17, 15) is 13.2 Å². The summed E-state index contributed by atoms with van der Waals surface area (Å²) in [5, 5.41) is 0.744. The largest absolute Gasteiger partial charge is 0.457 e. The Bertz CT molecular complexity index is 796. The van der Waals surface area contributed by atoms with Crippen LogP contribution in [-0.2, 0) is 21.2 Å². The van der Waals surface area contributed by atoms with E-state index >= 15 is 0 Å². The first-order valence-electron chi connectivity index (χ1n) is 6.20. The lowest BCUT2D eigenvalue weighted by Gasteiger charge is -2.10. The summed E-state index contributed by atoms with van der Waals surface area (Å²) in [4.78, 5) is 12.1. The van der Waals surface area contributed by atoms with Crippen LogP contribution in [0.5, 0.6) is 0 Å². The van der Waals surface area contributed by atoms with Crippen molar-refractivity contribution >= 4 is 39.0 Å². The van der Waals surface area contributed by atoms with Crippen molar-refractivity contribution in [3.63, 3.8) is 0 Å². The van der Waals surface area contributed by atoms with E-state index in [0.717, 1.165) is 6.26 Å². The molecular weight excluding hydrogens is 347 g/mol. The Morgan fingerprint density at radius 3 is 2.23 bits per heavy atom. The van der Waals surface area contributed by atoms with Crippen LogP contribution in [-0.4, -0.2) is 20.6 Å². The molecule has 0 heterocycles. The zero-order chi connectivity index (χ0) is 16.3. The Hall–Kier alpha value is -1.56. The summed E-state index contributed by atoms with van der Waals surface area (Å²) in [5.41, 5.74) is 0.448. The summed E-state index contributed by atoms with van der Waals surface area (Å²) in [7, 11) is -3.53. The highest BCUT2D eigenvalue weighted by Gasteiger charge is 2.19. The standard InChI is InChI=1S/C15H12Cl2O4S/c1-22(19,20)14-8-3-2-5-10(14)15(18)21-9-11-12(16)6-4-7-13(11)17/h2-8H,9H2,1H3. The molecule has 0 fully saturated rings. The van der Waals surface area contributed by atoms with Gasteiger partial charge in [-0.15, -0.1) is 0 Å². The van der Waals surface area contributed by atoms with E-state index in [1.54, 1.807) is 24.3 Å². The predicted octanol–water partition coefficient (Wildman–Crippen LogP) is 3.75. The molecule has 0 unspecified atom stereocenters. The minimum absolute atomic E-state index is 0.0202. The highest BCUT2D eigenvalue weighted by Crippen LogP contribution is 2.25. The number of halogens is 2. The Morgan fingerprint density at radius 1 is 1.05 bits per heavy atom. The van der Waals surface area contributed by atoms with Crippen LogP contribution in [0.15, 0.2) is 47.4 Å². The van der Waals surface area contributed by atoms with Crippen LogP contribution in [0, 0.1) is 0 Å². The second-order valence-corrected chi connectivity index (χ2v) is 7.34. The van der Waals surface area contributed by atoms with Gasteiger partial charge in [0.2, 0.25) is 0 Å². The van der Waals surface area contributed by atoms with Gasteiger partial charge in [-0.3, -0.25) is 0 Å². The van der Waals surface area contributed by atoms with E-state index in [4.69, 9.17) is 27.9 Å². The number of carbonyl (C=O) groups is 1. The topological polar surface area (TPSA) is 60.4 Å². The quantitative estimate of drug-likeness (QED) is 0.780. The lowest BCUT2D eigenvalue weighted by Crippen LogP contribution is -2.11. The third kappa shape index (κ3) is 3.80. The van der Waals surface area contributed by atoms with E-state index in [1.807, 2.05) is 0 Å². The molecular formula is C15H12Cl2O4S. The van der Waals surface area contributed by atoms with Gasteiger partial charge in [0.15, 0.2) is 9.84 Å². The van der Waals surface area contributed by atoms with E-state index in [1.165, 1.54) is 18.2 Å². The Labute approximate surface area is 138 Å². The molecule has 0 N–H and O–H groups in total. The van der Waals surface area contributed by atoms with Gasteiger partial charge in [0.05, 0.1) is 10.5 Å². The number of sulfone groups is 1. The van der Waals surface area contributed by atoms with Crippen molar-refractivity contribution in [2.45, 2.75) is 11.5 Å². The predicted molar refractivity (Wildman–Crippen MR) is 85.1 cm³/mol. The number of hydrogen-bond donors (Lipinski definition) is 0. The van der Waals surface area contributed by atoms with Gasteiger partial charge in [-0.25, -0.2) is 13.2 Å². The highest BCUT2D eigenvalue weighted by atomic mass is 35.5. The van der Waals surface area contributed by atoms with Crippen LogP contribution in [0.2, 0.25) is 10.0 Å². The number of rotatable bonds is 4. The van der Waals surface area contributed by atoms with Gasteiger partial charge >= 0.3 is 5.97 Å². The maximum Gasteiger partial charge on any atom is 0.339 e. The van der Waals surface area contributed by atoms with Crippen LogP contribution in [0.25, 0.3) is 0 Å². The van der Waals surface area contributed by atoms with Gasteiger partial charge < -0.3 is 4.74 Å². The van der Waals surface area contributed by atoms with Crippen LogP contribution in [0.1, 0.15) is 15.9 Å². The average Bonchev–Trinajstić information content (AvgIpc) is 2.45. The zero-order valence-electron chi connectivity index (χ0n) is 11.5. The van der Waals surface area contributed by atoms with Crippen molar-refractivity contribution in [1.29, 1.82) is 0 Å². The lowest BCUT2D eigenvalue weighted by molar-refractivity contribution is 0.0468. The molecule has 2 aromatic rings. The SMILES string of the molecule is CS(=O)(=O)c1ccccc1C(=O)OCc1c(Cl)cccc1Cl. The molecule has 116 valence electrons. The molecule has 2 aromatic carbocycles. The average molecular weight is 359 g/mol. The number of hydrogen-bond acceptors (Lipinski definition) is 4. The highest BCUT2D eigenvalue weighted by molar-refractivity contribution is 7.90. The smallest absolute Gasteiger partial charge is 0.339 e. The maximum absolute atomic E-state index is 12.1. The second kappa shape index (κ2) is 6.69. The molecule has 0 aromatic heterocycles. The number of benzene rings is 2. The minimum atomic E-state index is -3.53. The number of carbonyl (C=O) groups excluding carboxylic acids is 1. The molecule has 0 saturated carbocycles. The zero-order valence-corrected chi connectivity index (χ0v) is 13.9. The minimum Gasteiger partial charge on any atom is -0.457 e. The van der Waals surface area contributed by atoms with E-state index in [2.05, 4.69) is 0 Å². The molecule has 2 rings (SSSR count). The fraction of sp³-hybridized carbons (Fsp3) is 0.133. The molecule has 0 radical (unpaired) electrons. The summed E-state index contributed by atoms with van der Waals surface area (Å²) in [5.74, 6) is -0.753. The number of esters is 1. The fourth-order valence-electron chi connectivity index (χ4n) is 1.84. The molecule has 7 heteroatoms. The van der Waals surface area contributed by atoms with E-state index in [0.29, 0.717) is 15.6 Å². The third-order valence-electron chi connectivity index (χ3n) is 2.92. The van der Waals surface area contributed by atoms with Crippen LogP contribution >= 0.6 is 23.2 Å². The first-order chi connectivity index (χ1) is 10.3. The first-order valence-corrected chi connectivity index (χ1v) is 8.84. The fourth-order valence-corrected chi connectivity index (χ4v) is 3.23. The molecule has 4 nitrogen and oxygen atoms in total. The second-order valence-electron chi connectivity index (χ2n) is 4.54. The summed E-state index contributed by atoms with van der Waals surface area (Å²) >= 11 is 12.0. The van der Waals surface area contributed by atoms with Gasteiger partial charge in [-0.2, -0.15) is 0 Å². The van der Waals surface area contributed by atoms with Crippen molar-refractivity contribution in [3.8, 4) is 0 Å². The van der Waals surface area contributed by atoms with Crippen molar-refractivity contribution in [3.05, 3.63) is 63.6 Å². The molecule has 0 aliphatic carbocycles. The van der Waals surface area contributed by atoms with E-state index < -0.39 is 15.8 Å². The molecule has 0 aliphatic heterocycles. The summed E-state index contributed by atoms with van der Waals surface area (Å²) in [6.45, 7) is -0.143. The number of ether oxygens (including phenoxy) is 1. The molecule has 0 amide bonds. The van der Waals surface area contributed by atoms with Crippen LogP contribution < -0.4 is 0 Å². The van der Waals surface area contributed by atoms with E-state index in [-0.39, 0.29) is 17.1 Å². The van der Waals surface area contributed by atoms with Crippen molar-refractivity contribution in [2.75, 3.05) is 6.26 Å². The summed E-state index contributed by atoms with van der Waals surface area (Å²) < 4.78 is 28.5. The molecule has 0 aliphatic rings. The van der Waals surface area contributed by atoms with Gasteiger partial charge in [-0.05, 0) is 24.3 Å². The van der Waals surface area contributed by atoms with Crippen molar-refractivity contribution in [2.24, 2.45) is 0 Å². The normalized spacial score (nSPS) is 11.2. The Morgan fingerprint density at radius 2 is 1.64 bits per heavy atom. The monoisotopic (exact) mass is 358 g/mol. The molecule has 0 spiro atoms. The Balaban J connectivity index is 2.25. The first kappa shape index (κ1) is 16.8. The summed E-state index contributed by atoms with van der Waals surface area (Å²) in [6.07, 6.45) is 1.03. The lowest BCUT2D eigenvalue weighted by atomic mass is 10.2. The van der Waals surface area contributed by atoms with Crippen molar-refractivity contribution < 1.29 is 17.9 Å². The molecule has 0 atom stereocenters. The molecule has 0 bridgehead atoms. The molecule has 0 saturated heterocycles. The molecule has 22 heavy (non-hydrogen) atoms. The van der Waals surface area contributed by atoms with Gasteiger partial charge in [-0.1, -0.05) is 41.4 Å². The van der Waals surface area contributed by atoms with Gasteiger partial charge in [0.25, 0.3) is 0 Å². The summed E-state index contributed by atoms with van der Waals surface area (Å²) in [6, 6.07) is 10.8. The van der Waals surface area contributed by atoms with Gasteiger partial charge in [0.1, 0.15) is 6.61 Å². The van der Waals surface area contributed by atoms with Gasteiger partial charge in [0, 0.05) is 21.9 Å². The van der Waals surface area contributed by atoms with Crippen LogP contribution in [0.3, 0.4) is 0 Å². The van der Waals surface area contributed by atoms with Crippen LogP contribution in [0.4, 0.5) is 0 Å². The maximum atomic E-state index is 12.1.